The number of pyridine rings is 3. The first-order valence-electron chi connectivity index (χ1n) is 5.71. The van der Waals surface area contributed by atoms with E-state index in [1.54, 1.807) is 18.6 Å². The minimum atomic E-state index is 0. The fourth-order valence-corrected chi connectivity index (χ4v) is 1.89. The standard InChI is InChI=1S/C15H11N3.Au/c1-4-12(10-16-7-1)14-6-3-9-18-15(14)13-5-2-8-17-11-13;/h1-11H;. The first kappa shape index (κ1) is 13.6. The molecule has 3 heterocycles. The fraction of sp³-hybridized carbons (Fsp3) is 0. The van der Waals surface area contributed by atoms with Crippen LogP contribution in [0.3, 0.4) is 0 Å². The van der Waals surface area contributed by atoms with Crippen LogP contribution < -0.4 is 0 Å². The zero-order valence-electron chi connectivity index (χ0n) is 9.99. The van der Waals surface area contributed by atoms with Crippen molar-refractivity contribution in [2.45, 2.75) is 0 Å². The molecule has 3 aromatic rings. The molecule has 0 aliphatic heterocycles. The van der Waals surface area contributed by atoms with Gasteiger partial charge in [-0.3, -0.25) is 15.0 Å². The molecule has 3 aromatic heterocycles. The number of hydrogen-bond acceptors (Lipinski definition) is 3. The molecule has 0 unspecified atom stereocenters. The predicted octanol–water partition coefficient (Wildman–Crippen LogP) is 3.20. The van der Waals surface area contributed by atoms with E-state index in [0.29, 0.717) is 0 Å². The molecule has 0 aliphatic rings. The maximum atomic E-state index is 4.46. The van der Waals surface area contributed by atoms with Crippen LogP contribution in [0.1, 0.15) is 0 Å². The molecule has 0 aromatic carbocycles. The Hall–Kier alpha value is -1.81. The van der Waals surface area contributed by atoms with Crippen LogP contribution in [0.2, 0.25) is 0 Å². The molecule has 0 atom stereocenters. The summed E-state index contributed by atoms with van der Waals surface area (Å²) in [6.45, 7) is 0. The Balaban J connectivity index is 0.00000133. The van der Waals surface area contributed by atoms with Gasteiger partial charge in [-0.05, 0) is 24.3 Å². The zero-order valence-corrected chi connectivity index (χ0v) is 12.2. The van der Waals surface area contributed by atoms with Gasteiger partial charge in [0.15, 0.2) is 0 Å². The second-order valence-corrected chi connectivity index (χ2v) is 3.88. The van der Waals surface area contributed by atoms with Crippen molar-refractivity contribution >= 4 is 0 Å². The molecule has 97 valence electrons. The molecule has 19 heavy (non-hydrogen) atoms. The van der Waals surface area contributed by atoms with Crippen molar-refractivity contribution in [3.8, 4) is 22.4 Å². The summed E-state index contributed by atoms with van der Waals surface area (Å²) in [6, 6.07) is 11.9. The van der Waals surface area contributed by atoms with Gasteiger partial charge in [-0.2, -0.15) is 0 Å². The van der Waals surface area contributed by atoms with Crippen molar-refractivity contribution in [2.75, 3.05) is 0 Å². The van der Waals surface area contributed by atoms with E-state index in [-0.39, 0.29) is 22.4 Å². The molecule has 3 rings (SSSR count). The third-order valence-electron chi connectivity index (χ3n) is 2.72. The van der Waals surface area contributed by atoms with E-state index in [1.165, 1.54) is 0 Å². The fourth-order valence-electron chi connectivity index (χ4n) is 1.89. The van der Waals surface area contributed by atoms with Gasteiger partial charge in [-0.25, -0.2) is 0 Å². The van der Waals surface area contributed by atoms with Crippen LogP contribution in [0.25, 0.3) is 22.4 Å². The van der Waals surface area contributed by atoms with E-state index >= 15 is 0 Å². The summed E-state index contributed by atoms with van der Waals surface area (Å²) < 4.78 is 0. The van der Waals surface area contributed by atoms with Crippen molar-refractivity contribution in [3.05, 3.63) is 67.4 Å². The summed E-state index contributed by atoms with van der Waals surface area (Å²) in [5.41, 5.74) is 4.07. The number of hydrogen-bond donors (Lipinski definition) is 0. The molecule has 0 N–H and O–H groups in total. The largest absolute Gasteiger partial charge is 0.264 e. The predicted molar refractivity (Wildman–Crippen MR) is 70.7 cm³/mol. The van der Waals surface area contributed by atoms with Gasteiger partial charge in [-0.15, -0.1) is 0 Å². The summed E-state index contributed by atoms with van der Waals surface area (Å²) in [6.07, 6.45) is 8.99. The average Bonchev–Trinajstić information content (AvgIpc) is 2.49. The Labute approximate surface area is 127 Å². The van der Waals surface area contributed by atoms with E-state index in [9.17, 15) is 0 Å². The van der Waals surface area contributed by atoms with Crippen molar-refractivity contribution in [1.29, 1.82) is 0 Å². The molecule has 0 fully saturated rings. The zero-order chi connectivity index (χ0) is 12.2. The van der Waals surface area contributed by atoms with Crippen LogP contribution in [-0.2, 0) is 22.4 Å². The van der Waals surface area contributed by atoms with Crippen LogP contribution >= 0.6 is 0 Å². The maximum Gasteiger partial charge on any atom is 0.0796 e. The molecular weight excluding hydrogens is 419 g/mol. The molecular formula is C15H11AuN3. The molecule has 0 saturated carbocycles. The summed E-state index contributed by atoms with van der Waals surface area (Å²) in [5.74, 6) is 0. The Kier molecular flexibility index (Phi) is 4.58. The van der Waals surface area contributed by atoms with Gasteiger partial charge in [0.05, 0.1) is 5.69 Å². The molecule has 1 radical (unpaired) electrons. The second kappa shape index (κ2) is 6.38. The Morgan fingerprint density at radius 2 is 1.32 bits per heavy atom. The van der Waals surface area contributed by atoms with Crippen LogP contribution in [0.5, 0.6) is 0 Å². The van der Waals surface area contributed by atoms with Gasteiger partial charge in [-0.1, -0.05) is 12.1 Å². The Bertz CT molecular complexity index is 583. The van der Waals surface area contributed by atoms with E-state index in [1.807, 2.05) is 48.8 Å². The first-order chi connectivity index (χ1) is 8.95. The quantitative estimate of drug-likeness (QED) is 0.587. The van der Waals surface area contributed by atoms with E-state index in [4.69, 9.17) is 0 Å². The topological polar surface area (TPSA) is 38.7 Å². The van der Waals surface area contributed by atoms with Gasteiger partial charge >= 0.3 is 0 Å². The van der Waals surface area contributed by atoms with Crippen LogP contribution in [-0.4, -0.2) is 15.0 Å². The Morgan fingerprint density at radius 3 is 1.95 bits per heavy atom. The van der Waals surface area contributed by atoms with Crippen molar-refractivity contribution < 1.29 is 22.4 Å². The second-order valence-electron chi connectivity index (χ2n) is 3.88. The van der Waals surface area contributed by atoms with Crippen LogP contribution in [0, 0.1) is 0 Å². The molecule has 0 spiro atoms. The summed E-state index contributed by atoms with van der Waals surface area (Å²) in [5, 5.41) is 0. The molecule has 0 amide bonds. The Morgan fingerprint density at radius 1 is 0.684 bits per heavy atom. The monoisotopic (exact) mass is 430 g/mol. The van der Waals surface area contributed by atoms with Gasteiger partial charge in [0.25, 0.3) is 0 Å². The minimum Gasteiger partial charge on any atom is -0.264 e. The van der Waals surface area contributed by atoms with Gasteiger partial charge in [0.1, 0.15) is 0 Å². The summed E-state index contributed by atoms with van der Waals surface area (Å²) in [4.78, 5) is 12.8. The van der Waals surface area contributed by atoms with Crippen LogP contribution in [0.4, 0.5) is 0 Å². The van der Waals surface area contributed by atoms with Crippen molar-refractivity contribution in [3.63, 3.8) is 0 Å². The van der Waals surface area contributed by atoms with E-state index < -0.39 is 0 Å². The molecule has 4 heteroatoms. The molecule has 0 aliphatic carbocycles. The summed E-state index contributed by atoms with van der Waals surface area (Å²) >= 11 is 0. The average molecular weight is 430 g/mol. The summed E-state index contributed by atoms with van der Waals surface area (Å²) in [7, 11) is 0. The van der Waals surface area contributed by atoms with Gasteiger partial charge in [0, 0.05) is 70.1 Å². The minimum absolute atomic E-state index is 0. The third-order valence-corrected chi connectivity index (χ3v) is 2.72. The van der Waals surface area contributed by atoms with Crippen molar-refractivity contribution in [1.82, 2.24) is 15.0 Å². The molecule has 0 saturated heterocycles. The smallest absolute Gasteiger partial charge is 0.0796 e. The van der Waals surface area contributed by atoms with Crippen molar-refractivity contribution in [2.24, 2.45) is 0 Å². The van der Waals surface area contributed by atoms with E-state index in [0.717, 1.165) is 22.4 Å². The van der Waals surface area contributed by atoms with Crippen LogP contribution in [0.15, 0.2) is 67.4 Å². The number of aromatic nitrogens is 3. The molecule has 0 bridgehead atoms. The third kappa shape index (κ3) is 2.96. The van der Waals surface area contributed by atoms with Gasteiger partial charge < -0.3 is 0 Å². The normalized spacial score (nSPS) is 9.68. The SMILES string of the molecule is [Au].c1cncc(-c2cccnc2-c2cccnc2)c1. The maximum absolute atomic E-state index is 4.46. The number of nitrogens with zero attached hydrogens (tertiary/aromatic N) is 3. The first-order valence-corrected chi connectivity index (χ1v) is 5.71. The molecule has 3 nitrogen and oxygen atoms in total. The number of rotatable bonds is 2. The van der Waals surface area contributed by atoms with Gasteiger partial charge in [0.2, 0.25) is 0 Å². The van der Waals surface area contributed by atoms with E-state index in [2.05, 4.69) is 15.0 Å².